The van der Waals surface area contributed by atoms with E-state index in [4.69, 9.17) is 4.74 Å². The molecule has 0 fully saturated rings. The zero-order chi connectivity index (χ0) is 14.5. The highest BCUT2D eigenvalue weighted by atomic mass is 16.6. The number of nitrogens with zero attached hydrogens (tertiary/aromatic N) is 2. The number of hydrogen-bond donors (Lipinski definition) is 1. The molecule has 1 heterocycles. The average molecular weight is 275 g/mol. The van der Waals surface area contributed by atoms with E-state index in [-0.39, 0.29) is 23.7 Å². The van der Waals surface area contributed by atoms with Crippen molar-refractivity contribution in [2.75, 3.05) is 18.5 Å². The fourth-order valence-corrected chi connectivity index (χ4v) is 1.84. The SMILES string of the molecule is CCOC(=O)CNc1ccc([N+](=O)[O-])c2ncccc12. The Kier molecular flexibility index (Phi) is 4.09. The number of non-ortho nitro benzene ring substituents is 1. The third-order valence-electron chi connectivity index (χ3n) is 2.67. The van der Waals surface area contributed by atoms with Crippen LogP contribution in [0.4, 0.5) is 11.4 Å². The molecule has 7 heteroatoms. The highest BCUT2D eigenvalue weighted by molar-refractivity contribution is 5.97. The van der Waals surface area contributed by atoms with Crippen LogP contribution < -0.4 is 5.32 Å². The minimum absolute atomic E-state index is 0.00432. The number of ether oxygens (including phenoxy) is 1. The van der Waals surface area contributed by atoms with E-state index in [0.717, 1.165) is 0 Å². The summed E-state index contributed by atoms with van der Waals surface area (Å²) < 4.78 is 4.81. The highest BCUT2D eigenvalue weighted by Gasteiger charge is 2.15. The smallest absolute Gasteiger partial charge is 0.325 e. The van der Waals surface area contributed by atoms with Crippen LogP contribution in [0.3, 0.4) is 0 Å². The second-order valence-corrected chi connectivity index (χ2v) is 3.95. The van der Waals surface area contributed by atoms with Gasteiger partial charge >= 0.3 is 5.97 Å². The third kappa shape index (κ3) is 2.82. The molecule has 0 radical (unpaired) electrons. The Labute approximate surface area is 114 Å². The molecule has 0 unspecified atom stereocenters. The van der Waals surface area contributed by atoms with Crippen LogP contribution in [-0.2, 0) is 9.53 Å². The zero-order valence-electron chi connectivity index (χ0n) is 10.8. The second-order valence-electron chi connectivity index (χ2n) is 3.95. The van der Waals surface area contributed by atoms with E-state index in [1.807, 2.05) is 0 Å². The number of esters is 1. The van der Waals surface area contributed by atoms with Crippen molar-refractivity contribution in [1.82, 2.24) is 4.98 Å². The van der Waals surface area contributed by atoms with Crippen LogP contribution in [0.2, 0.25) is 0 Å². The molecule has 7 nitrogen and oxygen atoms in total. The molecule has 0 saturated heterocycles. The number of benzene rings is 1. The summed E-state index contributed by atoms with van der Waals surface area (Å²) in [4.78, 5) is 25.8. The average Bonchev–Trinajstić information content (AvgIpc) is 2.44. The Bertz CT molecular complexity index is 657. The molecule has 0 atom stereocenters. The van der Waals surface area contributed by atoms with Crippen LogP contribution in [0.25, 0.3) is 10.9 Å². The van der Waals surface area contributed by atoms with E-state index in [1.165, 1.54) is 12.3 Å². The number of nitrogens with one attached hydrogen (secondary N) is 1. The lowest BCUT2D eigenvalue weighted by Gasteiger charge is -2.09. The van der Waals surface area contributed by atoms with Gasteiger partial charge in [-0.3, -0.25) is 14.9 Å². The zero-order valence-corrected chi connectivity index (χ0v) is 10.8. The van der Waals surface area contributed by atoms with Crippen LogP contribution >= 0.6 is 0 Å². The molecule has 20 heavy (non-hydrogen) atoms. The summed E-state index contributed by atoms with van der Waals surface area (Å²) in [5.74, 6) is -0.386. The van der Waals surface area contributed by atoms with Gasteiger partial charge in [0.2, 0.25) is 0 Å². The molecular formula is C13H13N3O4. The largest absolute Gasteiger partial charge is 0.465 e. The number of rotatable bonds is 5. The van der Waals surface area contributed by atoms with E-state index in [9.17, 15) is 14.9 Å². The molecule has 0 aliphatic carbocycles. The normalized spacial score (nSPS) is 10.2. The lowest BCUT2D eigenvalue weighted by Crippen LogP contribution is -2.16. The fraction of sp³-hybridized carbons (Fsp3) is 0.231. The number of hydrogen-bond acceptors (Lipinski definition) is 6. The van der Waals surface area contributed by atoms with Crippen LogP contribution in [0.1, 0.15) is 6.92 Å². The second kappa shape index (κ2) is 5.96. The molecule has 0 aliphatic rings. The maximum absolute atomic E-state index is 11.3. The number of fused-ring (bicyclic) bond motifs is 1. The standard InChI is InChI=1S/C13H13N3O4/c1-2-20-12(17)8-15-10-5-6-11(16(18)19)13-9(10)4-3-7-14-13/h3-7,15H,2,8H2,1H3. The number of carbonyl (C=O) groups is 1. The molecule has 0 saturated carbocycles. The van der Waals surface area contributed by atoms with Crippen molar-refractivity contribution in [2.24, 2.45) is 0 Å². The van der Waals surface area contributed by atoms with Crippen molar-refractivity contribution in [1.29, 1.82) is 0 Å². The van der Waals surface area contributed by atoms with Gasteiger partial charge in [-0.05, 0) is 25.1 Å². The van der Waals surface area contributed by atoms with Crippen LogP contribution in [0.15, 0.2) is 30.5 Å². The van der Waals surface area contributed by atoms with Crippen molar-refractivity contribution in [2.45, 2.75) is 6.92 Å². The summed E-state index contributed by atoms with van der Waals surface area (Å²) >= 11 is 0. The van der Waals surface area contributed by atoms with Gasteiger partial charge in [-0.2, -0.15) is 0 Å². The van der Waals surface area contributed by atoms with E-state index in [1.54, 1.807) is 25.1 Å². The summed E-state index contributed by atoms with van der Waals surface area (Å²) in [6, 6.07) is 6.31. The van der Waals surface area contributed by atoms with E-state index >= 15 is 0 Å². The minimum Gasteiger partial charge on any atom is -0.465 e. The maximum Gasteiger partial charge on any atom is 0.325 e. The Morgan fingerprint density at radius 3 is 2.95 bits per heavy atom. The van der Waals surface area contributed by atoms with Crippen LogP contribution in [-0.4, -0.2) is 29.0 Å². The Morgan fingerprint density at radius 1 is 1.45 bits per heavy atom. The number of carbonyl (C=O) groups excluding carboxylic acids is 1. The minimum atomic E-state index is -0.482. The van der Waals surface area contributed by atoms with Gasteiger partial charge in [-0.25, -0.2) is 4.98 Å². The number of nitro benzene ring substituents is 1. The first kappa shape index (κ1) is 13.7. The molecule has 1 N–H and O–H groups in total. The Hall–Kier alpha value is -2.70. The monoisotopic (exact) mass is 275 g/mol. The van der Waals surface area contributed by atoms with Crippen LogP contribution in [0.5, 0.6) is 0 Å². The summed E-state index contributed by atoms with van der Waals surface area (Å²) in [6.45, 7) is 2.03. The van der Waals surface area contributed by atoms with Crippen LogP contribution in [0, 0.1) is 10.1 Å². The Balaban J connectivity index is 2.33. The van der Waals surface area contributed by atoms with Crippen molar-refractivity contribution < 1.29 is 14.5 Å². The summed E-state index contributed by atoms with van der Waals surface area (Å²) in [6.07, 6.45) is 1.49. The predicted molar refractivity (Wildman–Crippen MR) is 73.5 cm³/mol. The molecule has 0 amide bonds. The summed E-state index contributed by atoms with van der Waals surface area (Å²) in [5, 5.41) is 14.4. The van der Waals surface area contributed by atoms with Gasteiger partial charge in [-0.1, -0.05) is 0 Å². The van der Waals surface area contributed by atoms with Crippen molar-refractivity contribution in [3.8, 4) is 0 Å². The van der Waals surface area contributed by atoms with Gasteiger partial charge < -0.3 is 10.1 Å². The highest BCUT2D eigenvalue weighted by Crippen LogP contribution is 2.29. The number of aromatic nitrogens is 1. The van der Waals surface area contributed by atoms with E-state index < -0.39 is 4.92 Å². The third-order valence-corrected chi connectivity index (χ3v) is 2.67. The molecule has 1 aromatic carbocycles. The lowest BCUT2D eigenvalue weighted by atomic mass is 10.1. The van der Waals surface area contributed by atoms with Gasteiger partial charge in [0.25, 0.3) is 5.69 Å². The summed E-state index contributed by atoms with van der Waals surface area (Å²) in [7, 11) is 0. The predicted octanol–water partition coefficient (Wildman–Crippen LogP) is 2.12. The molecule has 0 bridgehead atoms. The van der Waals surface area contributed by atoms with Gasteiger partial charge in [0.05, 0.1) is 11.5 Å². The first-order valence-electron chi connectivity index (χ1n) is 6.05. The first-order valence-corrected chi connectivity index (χ1v) is 6.05. The molecule has 1 aromatic heterocycles. The van der Waals surface area contributed by atoms with Crippen molar-refractivity contribution in [3.05, 3.63) is 40.6 Å². The molecular weight excluding hydrogens is 262 g/mol. The molecule has 0 aliphatic heterocycles. The quantitative estimate of drug-likeness (QED) is 0.510. The van der Waals surface area contributed by atoms with Crippen molar-refractivity contribution in [3.63, 3.8) is 0 Å². The van der Waals surface area contributed by atoms with Gasteiger partial charge in [-0.15, -0.1) is 0 Å². The number of nitro groups is 1. The molecule has 2 rings (SSSR count). The number of pyridine rings is 1. The fourth-order valence-electron chi connectivity index (χ4n) is 1.84. The molecule has 2 aromatic rings. The molecule has 0 spiro atoms. The molecule has 104 valence electrons. The number of anilines is 1. The van der Waals surface area contributed by atoms with E-state index in [0.29, 0.717) is 17.7 Å². The summed E-state index contributed by atoms with van der Waals surface area (Å²) in [5.41, 5.74) is 0.820. The maximum atomic E-state index is 11.3. The van der Waals surface area contributed by atoms with Gasteiger partial charge in [0.15, 0.2) is 0 Å². The van der Waals surface area contributed by atoms with Gasteiger partial charge in [0, 0.05) is 23.3 Å². The Morgan fingerprint density at radius 2 is 2.25 bits per heavy atom. The van der Waals surface area contributed by atoms with Gasteiger partial charge in [0.1, 0.15) is 12.1 Å². The van der Waals surface area contributed by atoms with Crippen molar-refractivity contribution >= 4 is 28.2 Å². The van der Waals surface area contributed by atoms with E-state index in [2.05, 4.69) is 10.3 Å². The first-order chi connectivity index (χ1) is 9.63. The lowest BCUT2D eigenvalue weighted by molar-refractivity contribution is -0.383. The topological polar surface area (TPSA) is 94.4 Å².